The third kappa shape index (κ3) is 4.76. The first-order valence-electron chi connectivity index (χ1n) is 13.3. The molecule has 0 aliphatic heterocycles. The standard InChI is InChI=1S/C29H39N3O3/c1-27(2,3)22-6-8-23(9-7-22)31-24-17-21-16-19(4-5-20(21)18-30-24)25(33)32-29-13-10-28(11-14-29,12-15-29)26(34)35/h4-5,16-18,22-23H,6-15H2,1-3H3,(H,30,31)(H,32,33)(H,34,35). The number of aromatic nitrogens is 1. The molecule has 6 nitrogen and oxygen atoms in total. The molecule has 6 heteroatoms. The van der Waals surface area contributed by atoms with Gasteiger partial charge in [0.15, 0.2) is 0 Å². The van der Waals surface area contributed by atoms with Gasteiger partial charge in [-0.15, -0.1) is 0 Å². The first-order valence-corrected chi connectivity index (χ1v) is 13.3. The second-order valence-electron chi connectivity index (χ2n) is 12.5. The maximum Gasteiger partial charge on any atom is 0.309 e. The lowest BCUT2D eigenvalue weighted by Crippen LogP contribution is -2.58. The lowest BCUT2D eigenvalue weighted by molar-refractivity contribution is -0.156. The van der Waals surface area contributed by atoms with Crippen LogP contribution in [-0.4, -0.2) is 33.5 Å². The minimum atomic E-state index is -0.674. The van der Waals surface area contributed by atoms with E-state index in [0.717, 1.165) is 54.6 Å². The average Bonchev–Trinajstić information content (AvgIpc) is 2.84. The highest BCUT2D eigenvalue weighted by atomic mass is 16.4. The zero-order chi connectivity index (χ0) is 24.8. The molecule has 4 saturated carbocycles. The summed E-state index contributed by atoms with van der Waals surface area (Å²) in [7, 11) is 0. The van der Waals surface area contributed by atoms with Crippen molar-refractivity contribution < 1.29 is 14.7 Å². The van der Waals surface area contributed by atoms with E-state index in [-0.39, 0.29) is 11.4 Å². The molecule has 2 bridgehead atoms. The molecule has 6 rings (SSSR count). The van der Waals surface area contributed by atoms with Crippen LogP contribution in [0.25, 0.3) is 10.8 Å². The van der Waals surface area contributed by atoms with Gasteiger partial charge in [0.05, 0.1) is 5.41 Å². The molecule has 1 heterocycles. The molecule has 4 fully saturated rings. The summed E-state index contributed by atoms with van der Waals surface area (Å²) < 4.78 is 0. The van der Waals surface area contributed by atoms with Crippen molar-refractivity contribution in [2.45, 2.75) is 96.6 Å². The van der Waals surface area contributed by atoms with Crippen molar-refractivity contribution in [1.29, 1.82) is 0 Å². The van der Waals surface area contributed by atoms with Crippen molar-refractivity contribution in [3.63, 3.8) is 0 Å². The number of carbonyl (C=O) groups excluding carboxylic acids is 1. The van der Waals surface area contributed by atoms with Crippen LogP contribution < -0.4 is 10.6 Å². The summed E-state index contributed by atoms with van der Waals surface area (Å²) in [5.74, 6) is 0.910. The van der Waals surface area contributed by atoms with Crippen molar-refractivity contribution in [2.75, 3.05) is 5.32 Å². The number of nitrogens with zero attached hydrogens (tertiary/aromatic N) is 1. The van der Waals surface area contributed by atoms with Gasteiger partial charge >= 0.3 is 5.97 Å². The second-order valence-corrected chi connectivity index (χ2v) is 12.5. The van der Waals surface area contributed by atoms with Gasteiger partial charge in [-0.2, -0.15) is 0 Å². The number of aliphatic carboxylic acids is 1. The van der Waals surface area contributed by atoms with Crippen LogP contribution >= 0.6 is 0 Å². The number of anilines is 1. The molecule has 35 heavy (non-hydrogen) atoms. The maximum atomic E-state index is 13.2. The molecular formula is C29H39N3O3. The van der Waals surface area contributed by atoms with Crippen molar-refractivity contribution in [2.24, 2.45) is 16.7 Å². The van der Waals surface area contributed by atoms with E-state index in [0.29, 0.717) is 36.3 Å². The van der Waals surface area contributed by atoms with Crippen molar-refractivity contribution in [3.8, 4) is 0 Å². The number of rotatable bonds is 5. The summed E-state index contributed by atoms with van der Waals surface area (Å²) in [6.45, 7) is 7.03. The molecule has 0 unspecified atom stereocenters. The summed E-state index contributed by atoms with van der Waals surface area (Å²) in [6, 6.07) is 8.29. The topological polar surface area (TPSA) is 91.3 Å². The van der Waals surface area contributed by atoms with Crippen LogP contribution in [0.5, 0.6) is 0 Å². The van der Waals surface area contributed by atoms with E-state index in [1.165, 1.54) is 12.8 Å². The maximum absolute atomic E-state index is 13.2. The van der Waals surface area contributed by atoms with Gasteiger partial charge < -0.3 is 15.7 Å². The number of hydrogen-bond donors (Lipinski definition) is 3. The minimum Gasteiger partial charge on any atom is -0.481 e. The molecular weight excluding hydrogens is 438 g/mol. The summed E-state index contributed by atoms with van der Waals surface area (Å²) >= 11 is 0. The van der Waals surface area contributed by atoms with E-state index >= 15 is 0 Å². The SMILES string of the molecule is CC(C)(C)C1CCC(Nc2cc3cc(C(=O)NC45CCC(C(=O)O)(CC4)CC5)ccc3cn2)CC1. The average molecular weight is 478 g/mol. The first kappa shape index (κ1) is 24.1. The highest BCUT2D eigenvalue weighted by Gasteiger charge is 2.53. The van der Waals surface area contributed by atoms with E-state index < -0.39 is 11.4 Å². The third-order valence-electron chi connectivity index (χ3n) is 9.37. The van der Waals surface area contributed by atoms with Crippen LogP contribution in [0.4, 0.5) is 5.82 Å². The lowest BCUT2D eigenvalue weighted by atomic mass is 9.57. The molecule has 4 aliphatic rings. The summed E-state index contributed by atoms with van der Waals surface area (Å²) in [5.41, 5.74) is 0.185. The fraction of sp³-hybridized carbons (Fsp3) is 0.621. The molecule has 2 aromatic rings. The van der Waals surface area contributed by atoms with Gasteiger partial charge in [0.2, 0.25) is 0 Å². The van der Waals surface area contributed by atoms with Gasteiger partial charge in [-0.05, 0) is 99.1 Å². The monoisotopic (exact) mass is 477 g/mol. The van der Waals surface area contributed by atoms with E-state index in [4.69, 9.17) is 0 Å². The van der Waals surface area contributed by atoms with E-state index in [2.05, 4.69) is 42.5 Å². The Hall–Kier alpha value is -2.63. The van der Waals surface area contributed by atoms with Gasteiger partial charge in [-0.25, -0.2) is 4.98 Å². The Balaban J connectivity index is 1.25. The van der Waals surface area contributed by atoms with Crippen LogP contribution in [-0.2, 0) is 4.79 Å². The van der Waals surface area contributed by atoms with Crippen LogP contribution in [0.15, 0.2) is 30.5 Å². The number of carboxylic acids is 1. The van der Waals surface area contributed by atoms with Crippen LogP contribution in [0.2, 0.25) is 0 Å². The zero-order valence-electron chi connectivity index (χ0n) is 21.3. The predicted octanol–water partition coefficient (Wildman–Crippen LogP) is 6.16. The van der Waals surface area contributed by atoms with Crippen LogP contribution in [0.1, 0.15) is 95.3 Å². The van der Waals surface area contributed by atoms with Crippen LogP contribution in [0, 0.1) is 16.7 Å². The number of nitrogens with one attached hydrogen (secondary N) is 2. The molecule has 0 saturated heterocycles. The van der Waals surface area contributed by atoms with Crippen molar-refractivity contribution in [3.05, 3.63) is 36.0 Å². The third-order valence-corrected chi connectivity index (χ3v) is 9.37. The minimum absolute atomic E-state index is 0.0663. The Morgan fingerprint density at radius 3 is 2.20 bits per heavy atom. The van der Waals surface area contributed by atoms with Gasteiger partial charge in [-0.3, -0.25) is 9.59 Å². The highest BCUT2D eigenvalue weighted by Crippen LogP contribution is 2.52. The number of amides is 1. The molecule has 0 atom stereocenters. The van der Waals surface area contributed by atoms with E-state index in [1.807, 2.05) is 24.4 Å². The Morgan fingerprint density at radius 1 is 0.943 bits per heavy atom. The Labute approximate surface area is 208 Å². The van der Waals surface area contributed by atoms with Gasteiger partial charge in [0.1, 0.15) is 5.82 Å². The van der Waals surface area contributed by atoms with Gasteiger partial charge in [0.25, 0.3) is 5.91 Å². The number of carboxylic acid groups (broad SMARTS) is 1. The molecule has 3 N–H and O–H groups in total. The molecule has 1 aromatic heterocycles. The largest absolute Gasteiger partial charge is 0.481 e. The smallest absolute Gasteiger partial charge is 0.309 e. The fourth-order valence-electron chi connectivity index (χ4n) is 6.68. The van der Waals surface area contributed by atoms with Crippen LogP contribution in [0.3, 0.4) is 0 Å². The summed E-state index contributed by atoms with van der Waals surface area (Å²) in [6.07, 6.45) is 10.9. The summed E-state index contributed by atoms with van der Waals surface area (Å²) in [5, 5.41) is 18.6. The van der Waals surface area contributed by atoms with E-state index in [1.54, 1.807) is 0 Å². The zero-order valence-corrected chi connectivity index (χ0v) is 21.3. The molecule has 1 aromatic carbocycles. The lowest BCUT2D eigenvalue weighted by Gasteiger charge is -2.51. The van der Waals surface area contributed by atoms with Gasteiger partial charge in [0, 0.05) is 28.7 Å². The molecule has 0 radical (unpaired) electrons. The molecule has 1 amide bonds. The van der Waals surface area contributed by atoms with Crippen molar-refractivity contribution in [1.82, 2.24) is 10.3 Å². The van der Waals surface area contributed by atoms with Crippen molar-refractivity contribution >= 4 is 28.5 Å². The quantitative estimate of drug-likeness (QED) is 0.480. The Morgan fingerprint density at radius 2 is 1.60 bits per heavy atom. The number of carbonyl (C=O) groups is 2. The predicted molar refractivity (Wildman–Crippen MR) is 139 cm³/mol. The summed E-state index contributed by atoms with van der Waals surface area (Å²) in [4.78, 5) is 29.5. The Kier molecular flexibility index (Phi) is 6.05. The second kappa shape index (κ2) is 8.79. The molecule has 0 spiro atoms. The number of pyridine rings is 1. The number of benzene rings is 1. The van der Waals surface area contributed by atoms with Gasteiger partial charge in [-0.1, -0.05) is 26.8 Å². The first-order chi connectivity index (χ1) is 16.6. The number of fused-ring (bicyclic) bond motifs is 4. The van der Waals surface area contributed by atoms with E-state index in [9.17, 15) is 14.7 Å². The molecule has 188 valence electrons. The Bertz CT molecular complexity index is 1100. The fourth-order valence-corrected chi connectivity index (χ4v) is 6.68. The number of hydrogen-bond acceptors (Lipinski definition) is 4. The molecule has 4 aliphatic carbocycles. The normalized spacial score (nSPS) is 30.7. The highest BCUT2D eigenvalue weighted by molar-refractivity contribution is 5.99.